The van der Waals surface area contributed by atoms with Gasteiger partial charge in [-0.25, -0.2) is 9.59 Å². The zero-order valence-corrected chi connectivity index (χ0v) is 9.65. The minimum atomic E-state index is -1.01. The van der Waals surface area contributed by atoms with Crippen molar-refractivity contribution < 1.29 is 24.2 Å². The molecule has 0 unspecified atom stereocenters. The van der Waals surface area contributed by atoms with Gasteiger partial charge in [-0.3, -0.25) is 0 Å². The van der Waals surface area contributed by atoms with E-state index in [0.29, 0.717) is 0 Å². The van der Waals surface area contributed by atoms with Gasteiger partial charge < -0.3 is 19.9 Å². The Morgan fingerprint density at radius 1 is 1.44 bits per heavy atom. The third-order valence-electron chi connectivity index (χ3n) is 1.99. The number of rotatable bonds is 2. The molecule has 1 rings (SSSR count). The summed E-state index contributed by atoms with van der Waals surface area (Å²) in [6.07, 6.45) is -1.11. The van der Waals surface area contributed by atoms with Crippen molar-refractivity contribution in [1.82, 2.24) is 5.32 Å². The normalized spacial score (nSPS) is 25.2. The molecule has 1 fully saturated rings. The van der Waals surface area contributed by atoms with Crippen LogP contribution < -0.4 is 5.32 Å². The first kappa shape index (κ1) is 12.8. The molecular weight excluding hydrogens is 214 g/mol. The molecule has 0 saturated carbocycles. The molecule has 6 heteroatoms. The van der Waals surface area contributed by atoms with E-state index in [1.54, 1.807) is 20.8 Å². The second-order valence-electron chi connectivity index (χ2n) is 4.74. The van der Waals surface area contributed by atoms with E-state index < -0.39 is 23.8 Å². The Labute approximate surface area is 93.9 Å². The molecule has 0 aromatic carbocycles. The van der Waals surface area contributed by atoms with Gasteiger partial charge in [0.1, 0.15) is 5.60 Å². The van der Waals surface area contributed by atoms with Crippen LogP contribution in [-0.4, -0.2) is 41.5 Å². The lowest BCUT2D eigenvalue weighted by molar-refractivity contribution is -0.147. The van der Waals surface area contributed by atoms with Gasteiger partial charge in [0.2, 0.25) is 0 Å². The number of alkyl carbamates (subject to hydrolysis) is 1. The molecule has 0 aliphatic carbocycles. The van der Waals surface area contributed by atoms with Crippen molar-refractivity contribution in [1.29, 1.82) is 0 Å². The topological polar surface area (TPSA) is 84.9 Å². The molecule has 0 spiro atoms. The monoisotopic (exact) mass is 231 g/mol. The maximum absolute atomic E-state index is 11.4. The SMILES string of the molecule is CC(C)(C)OC(=O)N[C@H]1CO[C@H](C(=O)O)C1. The summed E-state index contributed by atoms with van der Waals surface area (Å²) >= 11 is 0. The number of carboxylic acid groups (broad SMARTS) is 1. The Hall–Kier alpha value is -1.30. The summed E-state index contributed by atoms with van der Waals surface area (Å²) in [5.74, 6) is -1.01. The number of aliphatic carboxylic acids is 1. The van der Waals surface area contributed by atoms with E-state index >= 15 is 0 Å². The fourth-order valence-electron chi connectivity index (χ4n) is 1.37. The van der Waals surface area contributed by atoms with E-state index in [-0.39, 0.29) is 19.1 Å². The van der Waals surface area contributed by atoms with Crippen LogP contribution in [-0.2, 0) is 14.3 Å². The standard InChI is InChI=1S/C10H17NO5/c1-10(2,3)16-9(14)11-6-4-7(8(12)13)15-5-6/h6-7H,4-5H2,1-3H3,(H,11,14)(H,12,13)/t6-,7+/m1/s1. The smallest absolute Gasteiger partial charge is 0.407 e. The summed E-state index contributed by atoms with van der Waals surface area (Å²) in [5, 5.41) is 11.3. The lowest BCUT2D eigenvalue weighted by atomic mass is 10.2. The molecule has 1 aliphatic rings. The molecular formula is C10H17NO5. The Morgan fingerprint density at radius 2 is 2.06 bits per heavy atom. The Morgan fingerprint density at radius 3 is 2.50 bits per heavy atom. The van der Waals surface area contributed by atoms with Gasteiger partial charge in [0.25, 0.3) is 0 Å². The van der Waals surface area contributed by atoms with Gasteiger partial charge in [-0.2, -0.15) is 0 Å². The van der Waals surface area contributed by atoms with E-state index in [0.717, 1.165) is 0 Å². The second kappa shape index (κ2) is 4.69. The number of amides is 1. The highest BCUT2D eigenvalue weighted by Gasteiger charge is 2.32. The molecule has 0 radical (unpaired) electrons. The number of carbonyl (C=O) groups excluding carboxylic acids is 1. The van der Waals surface area contributed by atoms with Crippen LogP contribution in [0.25, 0.3) is 0 Å². The largest absolute Gasteiger partial charge is 0.479 e. The first-order valence-electron chi connectivity index (χ1n) is 5.12. The lowest BCUT2D eigenvalue weighted by Gasteiger charge is -2.21. The first-order valence-corrected chi connectivity index (χ1v) is 5.12. The van der Waals surface area contributed by atoms with Gasteiger partial charge in [0.15, 0.2) is 6.10 Å². The van der Waals surface area contributed by atoms with Crippen LogP contribution in [0.4, 0.5) is 4.79 Å². The molecule has 92 valence electrons. The fourth-order valence-corrected chi connectivity index (χ4v) is 1.37. The molecule has 6 nitrogen and oxygen atoms in total. The third-order valence-corrected chi connectivity index (χ3v) is 1.99. The Bertz CT molecular complexity index is 283. The Kier molecular flexibility index (Phi) is 3.74. The average molecular weight is 231 g/mol. The second-order valence-corrected chi connectivity index (χ2v) is 4.74. The Balaban J connectivity index is 2.34. The molecule has 1 amide bonds. The van der Waals surface area contributed by atoms with Crippen LogP contribution in [0, 0.1) is 0 Å². The molecule has 0 aromatic heterocycles. The summed E-state index contributed by atoms with van der Waals surface area (Å²) < 4.78 is 10.0. The predicted molar refractivity (Wildman–Crippen MR) is 55.2 cm³/mol. The zero-order chi connectivity index (χ0) is 12.3. The van der Waals surface area contributed by atoms with Crippen LogP contribution in [0.2, 0.25) is 0 Å². The molecule has 16 heavy (non-hydrogen) atoms. The highest BCUT2D eigenvalue weighted by atomic mass is 16.6. The molecule has 2 N–H and O–H groups in total. The summed E-state index contributed by atoms with van der Waals surface area (Å²) in [5.41, 5.74) is -0.560. The minimum absolute atomic E-state index is 0.205. The first-order chi connectivity index (χ1) is 7.28. The summed E-state index contributed by atoms with van der Waals surface area (Å²) in [6.45, 7) is 5.49. The maximum atomic E-state index is 11.4. The summed E-state index contributed by atoms with van der Waals surface area (Å²) in [7, 11) is 0. The number of nitrogens with one attached hydrogen (secondary N) is 1. The van der Waals surface area contributed by atoms with Crippen LogP contribution >= 0.6 is 0 Å². The van der Waals surface area contributed by atoms with Crippen molar-refractivity contribution in [3.63, 3.8) is 0 Å². The number of hydrogen-bond acceptors (Lipinski definition) is 4. The summed E-state index contributed by atoms with van der Waals surface area (Å²) in [6, 6.07) is -0.295. The molecule has 2 atom stereocenters. The van der Waals surface area contributed by atoms with E-state index in [9.17, 15) is 9.59 Å². The van der Waals surface area contributed by atoms with Crippen LogP contribution in [0.3, 0.4) is 0 Å². The minimum Gasteiger partial charge on any atom is -0.479 e. The van der Waals surface area contributed by atoms with E-state index in [2.05, 4.69) is 5.32 Å². The van der Waals surface area contributed by atoms with Crippen LogP contribution in [0.1, 0.15) is 27.2 Å². The molecule has 1 aliphatic heterocycles. The highest BCUT2D eigenvalue weighted by molar-refractivity contribution is 5.73. The van der Waals surface area contributed by atoms with Crippen molar-refractivity contribution in [3.05, 3.63) is 0 Å². The van der Waals surface area contributed by atoms with E-state index in [4.69, 9.17) is 14.6 Å². The van der Waals surface area contributed by atoms with E-state index in [1.807, 2.05) is 0 Å². The molecule has 1 heterocycles. The number of carboxylic acids is 1. The van der Waals surface area contributed by atoms with Gasteiger partial charge in [-0.15, -0.1) is 0 Å². The third kappa shape index (κ3) is 4.06. The van der Waals surface area contributed by atoms with Crippen molar-refractivity contribution in [2.45, 2.75) is 44.9 Å². The lowest BCUT2D eigenvalue weighted by Crippen LogP contribution is -2.39. The van der Waals surface area contributed by atoms with Gasteiger partial charge in [-0.05, 0) is 20.8 Å². The fraction of sp³-hybridized carbons (Fsp3) is 0.800. The predicted octanol–water partition coefficient (Wildman–Crippen LogP) is 0.753. The number of hydrogen-bond donors (Lipinski definition) is 2. The van der Waals surface area contributed by atoms with Gasteiger partial charge in [0.05, 0.1) is 12.6 Å². The molecule has 0 aromatic rings. The zero-order valence-electron chi connectivity index (χ0n) is 9.65. The van der Waals surface area contributed by atoms with Gasteiger partial charge >= 0.3 is 12.1 Å². The maximum Gasteiger partial charge on any atom is 0.407 e. The number of carbonyl (C=O) groups is 2. The quantitative estimate of drug-likeness (QED) is 0.732. The summed E-state index contributed by atoms with van der Waals surface area (Å²) in [4.78, 5) is 21.9. The van der Waals surface area contributed by atoms with Crippen LogP contribution in [0.15, 0.2) is 0 Å². The highest BCUT2D eigenvalue weighted by Crippen LogP contribution is 2.14. The van der Waals surface area contributed by atoms with Crippen LogP contribution in [0.5, 0.6) is 0 Å². The van der Waals surface area contributed by atoms with Crippen molar-refractivity contribution >= 4 is 12.1 Å². The van der Waals surface area contributed by atoms with Gasteiger partial charge in [-0.1, -0.05) is 0 Å². The van der Waals surface area contributed by atoms with Crippen molar-refractivity contribution in [2.75, 3.05) is 6.61 Å². The van der Waals surface area contributed by atoms with Gasteiger partial charge in [0, 0.05) is 6.42 Å². The van der Waals surface area contributed by atoms with Crippen molar-refractivity contribution in [2.24, 2.45) is 0 Å². The number of ether oxygens (including phenoxy) is 2. The average Bonchev–Trinajstić information content (AvgIpc) is 2.48. The van der Waals surface area contributed by atoms with E-state index in [1.165, 1.54) is 0 Å². The van der Waals surface area contributed by atoms with Crippen molar-refractivity contribution in [3.8, 4) is 0 Å². The molecule has 1 saturated heterocycles. The molecule has 0 bridgehead atoms.